The van der Waals surface area contributed by atoms with Crippen molar-refractivity contribution in [2.45, 2.75) is 52.4 Å². The van der Waals surface area contributed by atoms with E-state index in [-0.39, 0.29) is 17.4 Å². The van der Waals surface area contributed by atoms with Gasteiger partial charge < -0.3 is 0 Å². The van der Waals surface area contributed by atoms with Gasteiger partial charge in [-0.25, -0.2) is 9.36 Å². The number of carbonyl (C=O) groups is 2. The summed E-state index contributed by atoms with van der Waals surface area (Å²) in [7, 11) is 0. The minimum atomic E-state index is -1.30. The lowest BCUT2D eigenvalue weighted by atomic mass is 10.2. The van der Waals surface area contributed by atoms with Crippen molar-refractivity contribution in [1.82, 2.24) is 9.13 Å². The first-order chi connectivity index (χ1) is 9.93. The van der Waals surface area contributed by atoms with Gasteiger partial charge in [-0.2, -0.15) is 8.96 Å². The van der Waals surface area contributed by atoms with Gasteiger partial charge in [-0.15, -0.1) is 0 Å². The standard InChI is InChI=1S/C14H19FN2O4/c1-3-5-7-11(18)16-9-10(15)13(20)17(14(16)21)12(19)8-6-4-2/h9H,3-8H2,1-2H3. The Labute approximate surface area is 121 Å². The minimum absolute atomic E-state index is 0.0434. The molecule has 0 aromatic carbocycles. The van der Waals surface area contributed by atoms with Gasteiger partial charge in [0.25, 0.3) is 5.56 Å². The maximum atomic E-state index is 13.6. The Kier molecular flexibility index (Phi) is 6.20. The Balaban J connectivity index is 3.29. The van der Waals surface area contributed by atoms with Gasteiger partial charge in [0.1, 0.15) is 0 Å². The van der Waals surface area contributed by atoms with E-state index in [1.807, 2.05) is 13.8 Å². The Morgan fingerprint density at radius 1 is 1.05 bits per heavy atom. The molecule has 0 unspecified atom stereocenters. The Bertz CT molecular complexity index is 645. The molecule has 0 fully saturated rings. The van der Waals surface area contributed by atoms with Crippen LogP contribution in [0.2, 0.25) is 0 Å². The molecule has 0 saturated heterocycles. The van der Waals surface area contributed by atoms with Gasteiger partial charge in [0.05, 0.1) is 6.20 Å². The predicted octanol–water partition coefficient (Wildman–Crippen LogP) is 1.81. The molecule has 0 amide bonds. The van der Waals surface area contributed by atoms with E-state index in [4.69, 9.17) is 0 Å². The third-order valence-corrected chi connectivity index (χ3v) is 3.05. The van der Waals surface area contributed by atoms with Crippen molar-refractivity contribution in [1.29, 1.82) is 0 Å². The number of nitrogens with zero attached hydrogens (tertiary/aromatic N) is 2. The molecule has 0 aliphatic carbocycles. The molecule has 0 N–H and O–H groups in total. The van der Waals surface area contributed by atoms with Crippen LogP contribution in [-0.2, 0) is 0 Å². The first-order valence-electron chi connectivity index (χ1n) is 7.04. The van der Waals surface area contributed by atoms with Crippen LogP contribution >= 0.6 is 0 Å². The predicted molar refractivity (Wildman–Crippen MR) is 75.2 cm³/mol. The Morgan fingerprint density at radius 2 is 1.57 bits per heavy atom. The van der Waals surface area contributed by atoms with E-state index in [9.17, 15) is 23.6 Å². The molecule has 0 radical (unpaired) electrons. The quantitative estimate of drug-likeness (QED) is 0.802. The van der Waals surface area contributed by atoms with E-state index in [1.165, 1.54) is 0 Å². The van der Waals surface area contributed by atoms with Crippen molar-refractivity contribution in [2.24, 2.45) is 0 Å². The highest BCUT2D eigenvalue weighted by molar-refractivity contribution is 5.81. The van der Waals surface area contributed by atoms with E-state index >= 15 is 0 Å². The first-order valence-corrected chi connectivity index (χ1v) is 7.04. The number of aromatic nitrogens is 2. The molecule has 1 rings (SSSR count). The average molecular weight is 298 g/mol. The second-order valence-electron chi connectivity index (χ2n) is 4.76. The van der Waals surface area contributed by atoms with Gasteiger partial charge >= 0.3 is 5.69 Å². The van der Waals surface area contributed by atoms with E-state index in [0.717, 1.165) is 6.42 Å². The summed E-state index contributed by atoms with van der Waals surface area (Å²) in [5.41, 5.74) is -2.40. The fourth-order valence-electron chi connectivity index (χ4n) is 1.81. The van der Waals surface area contributed by atoms with Crippen molar-refractivity contribution in [3.05, 3.63) is 32.9 Å². The summed E-state index contributed by atoms with van der Waals surface area (Å²) in [5, 5.41) is 0. The van der Waals surface area contributed by atoms with E-state index in [2.05, 4.69) is 0 Å². The molecule has 0 aliphatic rings. The smallest absolute Gasteiger partial charge is 0.274 e. The number of hydrogen-bond acceptors (Lipinski definition) is 4. The van der Waals surface area contributed by atoms with Crippen LogP contribution in [-0.4, -0.2) is 20.9 Å². The SMILES string of the molecule is CCCCC(=O)n1cc(F)c(=O)n(C(=O)CCCC)c1=O. The summed E-state index contributed by atoms with van der Waals surface area (Å²) in [6.45, 7) is 3.71. The van der Waals surface area contributed by atoms with Crippen molar-refractivity contribution in [3.8, 4) is 0 Å². The van der Waals surface area contributed by atoms with Gasteiger partial charge in [-0.05, 0) is 12.8 Å². The largest absolute Gasteiger partial charge is 0.344 e. The van der Waals surface area contributed by atoms with Crippen LogP contribution < -0.4 is 11.2 Å². The van der Waals surface area contributed by atoms with Crippen molar-refractivity contribution >= 4 is 11.8 Å². The Morgan fingerprint density at radius 3 is 2.10 bits per heavy atom. The molecule has 1 aromatic heterocycles. The third kappa shape index (κ3) is 3.96. The fraction of sp³-hybridized carbons (Fsp3) is 0.571. The normalized spacial score (nSPS) is 10.6. The summed E-state index contributed by atoms with van der Waals surface area (Å²) in [5.74, 6) is -2.70. The molecule has 0 bridgehead atoms. The highest BCUT2D eigenvalue weighted by atomic mass is 19.1. The topological polar surface area (TPSA) is 78.1 Å². The number of halogens is 1. The van der Waals surface area contributed by atoms with Crippen LogP contribution in [0.1, 0.15) is 62.0 Å². The van der Waals surface area contributed by atoms with Crippen LogP contribution in [0, 0.1) is 5.82 Å². The highest BCUT2D eigenvalue weighted by Gasteiger charge is 2.19. The summed E-state index contributed by atoms with van der Waals surface area (Å²) >= 11 is 0. The second kappa shape index (κ2) is 7.66. The summed E-state index contributed by atoms with van der Waals surface area (Å²) in [4.78, 5) is 47.4. The van der Waals surface area contributed by atoms with Crippen LogP contribution in [0.25, 0.3) is 0 Å². The lowest BCUT2D eigenvalue weighted by Gasteiger charge is -2.08. The number of unbranched alkanes of at least 4 members (excludes halogenated alkanes) is 2. The second-order valence-corrected chi connectivity index (χ2v) is 4.76. The maximum Gasteiger partial charge on any atom is 0.344 e. The van der Waals surface area contributed by atoms with Gasteiger partial charge in [0, 0.05) is 12.8 Å². The molecule has 1 aromatic rings. The number of carbonyl (C=O) groups excluding carboxylic acids is 2. The third-order valence-electron chi connectivity index (χ3n) is 3.05. The van der Waals surface area contributed by atoms with E-state index < -0.39 is 28.9 Å². The molecule has 116 valence electrons. The van der Waals surface area contributed by atoms with Crippen LogP contribution in [0.5, 0.6) is 0 Å². The maximum absolute atomic E-state index is 13.6. The molecule has 0 atom stereocenters. The lowest BCUT2D eigenvalue weighted by Crippen LogP contribution is -2.46. The molecular formula is C14H19FN2O4. The molecule has 21 heavy (non-hydrogen) atoms. The van der Waals surface area contributed by atoms with Crippen molar-refractivity contribution < 1.29 is 14.0 Å². The van der Waals surface area contributed by atoms with Gasteiger partial charge in [0.15, 0.2) is 0 Å². The van der Waals surface area contributed by atoms with Crippen molar-refractivity contribution in [3.63, 3.8) is 0 Å². The fourth-order valence-corrected chi connectivity index (χ4v) is 1.81. The summed E-state index contributed by atoms with van der Waals surface area (Å²) in [6.07, 6.45) is 3.01. The number of rotatable bonds is 6. The summed E-state index contributed by atoms with van der Waals surface area (Å²) < 4.78 is 14.3. The monoisotopic (exact) mass is 298 g/mol. The van der Waals surface area contributed by atoms with Crippen LogP contribution in [0.15, 0.2) is 15.8 Å². The molecule has 0 aliphatic heterocycles. The van der Waals surface area contributed by atoms with Gasteiger partial charge in [-0.3, -0.25) is 14.4 Å². The zero-order valence-electron chi connectivity index (χ0n) is 12.2. The molecule has 6 nitrogen and oxygen atoms in total. The molecule has 0 spiro atoms. The lowest BCUT2D eigenvalue weighted by molar-refractivity contribution is 0.0864. The zero-order valence-corrected chi connectivity index (χ0v) is 12.2. The van der Waals surface area contributed by atoms with Crippen molar-refractivity contribution in [2.75, 3.05) is 0 Å². The molecule has 0 saturated carbocycles. The molecule has 1 heterocycles. The highest BCUT2D eigenvalue weighted by Crippen LogP contribution is 1.99. The van der Waals surface area contributed by atoms with Crippen LogP contribution in [0.3, 0.4) is 0 Å². The van der Waals surface area contributed by atoms with Crippen LogP contribution in [0.4, 0.5) is 4.39 Å². The van der Waals surface area contributed by atoms with E-state index in [0.29, 0.717) is 30.0 Å². The average Bonchev–Trinajstić information content (AvgIpc) is 2.46. The molecule has 7 heteroatoms. The zero-order chi connectivity index (χ0) is 16.0. The summed E-state index contributed by atoms with van der Waals surface area (Å²) in [6, 6.07) is 0. The molecular weight excluding hydrogens is 279 g/mol. The minimum Gasteiger partial charge on any atom is -0.274 e. The number of hydrogen-bond donors (Lipinski definition) is 0. The van der Waals surface area contributed by atoms with Gasteiger partial charge in [0.2, 0.25) is 17.6 Å². The van der Waals surface area contributed by atoms with E-state index in [1.54, 1.807) is 0 Å². The van der Waals surface area contributed by atoms with Gasteiger partial charge in [-0.1, -0.05) is 26.7 Å². The Hall–Kier alpha value is -2.05. The first kappa shape index (κ1) is 17.0.